The molecule has 0 amide bonds. The van der Waals surface area contributed by atoms with Crippen LogP contribution >= 0.6 is 0 Å². The highest BCUT2D eigenvalue weighted by atomic mass is 16.3. The largest absolute Gasteiger partial charge is 0.462 e. The van der Waals surface area contributed by atoms with Crippen molar-refractivity contribution in [2.75, 3.05) is 0 Å². The Bertz CT molecular complexity index is 547. The predicted molar refractivity (Wildman–Crippen MR) is 61.2 cm³/mol. The molecule has 0 fully saturated rings. The van der Waals surface area contributed by atoms with Crippen LogP contribution in [0.25, 0.3) is 11.6 Å². The van der Waals surface area contributed by atoms with E-state index < -0.39 is 0 Å². The van der Waals surface area contributed by atoms with Crippen LogP contribution in [-0.2, 0) is 0 Å². The lowest BCUT2D eigenvalue weighted by Gasteiger charge is -1.95. The first kappa shape index (κ1) is 10.2. The Morgan fingerprint density at radius 1 is 1.38 bits per heavy atom. The number of aromatic nitrogens is 1. The molecule has 0 aliphatic rings. The Morgan fingerprint density at radius 3 is 2.81 bits per heavy atom. The first-order valence-corrected chi connectivity index (χ1v) is 4.89. The van der Waals surface area contributed by atoms with E-state index in [4.69, 9.17) is 9.68 Å². The molecule has 0 saturated heterocycles. The molecule has 0 aliphatic heterocycles. The van der Waals surface area contributed by atoms with Crippen LogP contribution in [0.15, 0.2) is 40.9 Å². The van der Waals surface area contributed by atoms with Crippen LogP contribution < -0.4 is 0 Å². The summed E-state index contributed by atoms with van der Waals surface area (Å²) >= 11 is 0. The van der Waals surface area contributed by atoms with E-state index in [1.54, 1.807) is 18.3 Å². The third-order valence-electron chi connectivity index (χ3n) is 2.11. The molecule has 0 spiro atoms. The molecule has 2 aromatic rings. The highest BCUT2D eigenvalue weighted by Gasteiger charge is 2.03. The van der Waals surface area contributed by atoms with E-state index >= 15 is 0 Å². The van der Waals surface area contributed by atoms with Crippen molar-refractivity contribution in [2.24, 2.45) is 0 Å². The van der Waals surface area contributed by atoms with Crippen LogP contribution in [0.1, 0.15) is 17.2 Å². The van der Waals surface area contributed by atoms with E-state index in [9.17, 15) is 0 Å². The second-order valence-electron chi connectivity index (χ2n) is 3.33. The fraction of sp³-hybridized carbons (Fsp3) is 0.0769. The molecule has 2 heterocycles. The third-order valence-corrected chi connectivity index (χ3v) is 2.11. The van der Waals surface area contributed by atoms with Crippen molar-refractivity contribution < 1.29 is 4.42 Å². The average Bonchev–Trinajstić information content (AvgIpc) is 2.73. The summed E-state index contributed by atoms with van der Waals surface area (Å²) in [5.74, 6) is 1.49. The molecule has 78 valence electrons. The van der Waals surface area contributed by atoms with Gasteiger partial charge in [-0.05, 0) is 31.2 Å². The standard InChI is InChI=1S/C13H10N2O/c1-10-5-6-12(16-10)8-11(9-14)13-4-2-3-7-15-13/h2-8H,1H3. The molecule has 2 rings (SSSR count). The molecular weight excluding hydrogens is 200 g/mol. The minimum atomic E-state index is 0.495. The van der Waals surface area contributed by atoms with Gasteiger partial charge in [0.2, 0.25) is 0 Å². The number of nitrogens with zero attached hydrogens (tertiary/aromatic N) is 2. The average molecular weight is 210 g/mol. The zero-order valence-electron chi connectivity index (χ0n) is 8.84. The van der Waals surface area contributed by atoms with Crippen LogP contribution in [0.5, 0.6) is 0 Å². The summed E-state index contributed by atoms with van der Waals surface area (Å²) in [6.45, 7) is 1.87. The van der Waals surface area contributed by atoms with E-state index in [2.05, 4.69) is 11.1 Å². The molecule has 0 unspecified atom stereocenters. The fourth-order valence-corrected chi connectivity index (χ4v) is 1.36. The molecule has 2 aromatic heterocycles. The molecule has 0 saturated carbocycles. The summed E-state index contributed by atoms with van der Waals surface area (Å²) in [6, 6.07) is 11.3. The lowest BCUT2D eigenvalue weighted by molar-refractivity contribution is 0.525. The van der Waals surface area contributed by atoms with Gasteiger partial charge in [-0.25, -0.2) is 0 Å². The Morgan fingerprint density at radius 2 is 2.25 bits per heavy atom. The zero-order valence-corrected chi connectivity index (χ0v) is 8.84. The van der Waals surface area contributed by atoms with Gasteiger partial charge in [0.05, 0.1) is 11.3 Å². The van der Waals surface area contributed by atoms with Crippen LogP contribution in [0, 0.1) is 18.3 Å². The van der Waals surface area contributed by atoms with Gasteiger partial charge in [0, 0.05) is 12.3 Å². The van der Waals surface area contributed by atoms with Gasteiger partial charge in [-0.15, -0.1) is 0 Å². The lowest BCUT2D eigenvalue weighted by Crippen LogP contribution is -1.84. The first-order valence-electron chi connectivity index (χ1n) is 4.89. The van der Waals surface area contributed by atoms with Gasteiger partial charge in [0.25, 0.3) is 0 Å². The van der Waals surface area contributed by atoms with Gasteiger partial charge in [-0.1, -0.05) is 6.07 Å². The van der Waals surface area contributed by atoms with E-state index in [0.717, 1.165) is 5.76 Å². The molecule has 0 aromatic carbocycles. The maximum absolute atomic E-state index is 9.05. The summed E-state index contributed by atoms with van der Waals surface area (Å²) in [5, 5.41) is 9.05. The summed E-state index contributed by atoms with van der Waals surface area (Å²) in [6.07, 6.45) is 3.35. The maximum Gasteiger partial charge on any atom is 0.128 e. The normalized spacial score (nSPS) is 11.1. The van der Waals surface area contributed by atoms with E-state index in [0.29, 0.717) is 17.0 Å². The van der Waals surface area contributed by atoms with E-state index in [1.165, 1.54) is 0 Å². The molecule has 3 nitrogen and oxygen atoms in total. The molecule has 3 heteroatoms. The Hall–Kier alpha value is -2.34. The minimum absolute atomic E-state index is 0.495. The second-order valence-corrected chi connectivity index (χ2v) is 3.33. The molecule has 0 radical (unpaired) electrons. The van der Waals surface area contributed by atoms with Gasteiger partial charge in [-0.2, -0.15) is 5.26 Å². The molecule has 0 atom stereocenters. The van der Waals surface area contributed by atoms with Crippen LogP contribution in [0.3, 0.4) is 0 Å². The number of nitriles is 1. The van der Waals surface area contributed by atoms with Gasteiger partial charge in [0.15, 0.2) is 0 Å². The van der Waals surface area contributed by atoms with Crippen molar-refractivity contribution in [1.82, 2.24) is 4.98 Å². The fourth-order valence-electron chi connectivity index (χ4n) is 1.36. The smallest absolute Gasteiger partial charge is 0.128 e. The highest BCUT2D eigenvalue weighted by Crippen LogP contribution is 2.16. The summed E-state index contributed by atoms with van der Waals surface area (Å²) < 4.78 is 5.38. The summed E-state index contributed by atoms with van der Waals surface area (Å²) in [5.41, 5.74) is 1.15. The van der Waals surface area contributed by atoms with Crippen LogP contribution in [-0.4, -0.2) is 4.98 Å². The first-order chi connectivity index (χ1) is 7.79. The molecule has 0 bridgehead atoms. The van der Waals surface area contributed by atoms with Crippen LogP contribution in [0.2, 0.25) is 0 Å². The third kappa shape index (κ3) is 2.18. The van der Waals surface area contributed by atoms with Crippen molar-refractivity contribution in [3.8, 4) is 6.07 Å². The van der Waals surface area contributed by atoms with E-state index in [-0.39, 0.29) is 0 Å². The molecule has 0 aliphatic carbocycles. The van der Waals surface area contributed by atoms with Gasteiger partial charge >= 0.3 is 0 Å². The van der Waals surface area contributed by atoms with Gasteiger partial charge < -0.3 is 4.42 Å². The van der Waals surface area contributed by atoms with Crippen molar-refractivity contribution in [3.05, 3.63) is 53.7 Å². The monoisotopic (exact) mass is 210 g/mol. The van der Waals surface area contributed by atoms with E-state index in [1.807, 2.05) is 31.2 Å². The summed E-state index contributed by atoms with van der Waals surface area (Å²) in [4.78, 5) is 4.12. The number of furan rings is 1. The van der Waals surface area contributed by atoms with Crippen molar-refractivity contribution in [1.29, 1.82) is 5.26 Å². The zero-order chi connectivity index (χ0) is 11.4. The number of pyridine rings is 1. The van der Waals surface area contributed by atoms with Crippen molar-refractivity contribution in [3.63, 3.8) is 0 Å². The predicted octanol–water partition coefficient (Wildman–Crippen LogP) is 3.05. The Labute approximate surface area is 93.7 Å². The maximum atomic E-state index is 9.05. The summed E-state index contributed by atoms with van der Waals surface area (Å²) in [7, 11) is 0. The number of hydrogen-bond acceptors (Lipinski definition) is 3. The van der Waals surface area contributed by atoms with Crippen molar-refractivity contribution >= 4 is 11.6 Å². The second kappa shape index (κ2) is 4.45. The number of rotatable bonds is 2. The number of allylic oxidation sites excluding steroid dienone is 1. The highest BCUT2D eigenvalue weighted by molar-refractivity contribution is 5.87. The number of hydrogen-bond donors (Lipinski definition) is 0. The SMILES string of the molecule is Cc1ccc(C=C(C#N)c2ccccn2)o1. The van der Waals surface area contributed by atoms with Crippen LogP contribution in [0.4, 0.5) is 0 Å². The Kier molecular flexibility index (Phi) is 2.84. The topological polar surface area (TPSA) is 49.8 Å². The minimum Gasteiger partial charge on any atom is -0.462 e. The Balaban J connectivity index is 2.38. The van der Waals surface area contributed by atoms with Crippen molar-refractivity contribution in [2.45, 2.75) is 6.92 Å². The molecule has 0 N–H and O–H groups in total. The molecule has 16 heavy (non-hydrogen) atoms. The van der Waals surface area contributed by atoms with Gasteiger partial charge in [0.1, 0.15) is 17.6 Å². The van der Waals surface area contributed by atoms with Gasteiger partial charge in [-0.3, -0.25) is 4.98 Å². The number of aryl methyl sites for hydroxylation is 1. The lowest BCUT2D eigenvalue weighted by atomic mass is 10.1. The molecular formula is C13H10N2O. The quantitative estimate of drug-likeness (QED) is 0.716.